The molecule has 2 aromatic rings. The summed E-state index contributed by atoms with van der Waals surface area (Å²) in [5.74, 6) is 0.559. The van der Waals surface area contributed by atoms with E-state index in [2.05, 4.69) is 15.0 Å². The first-order valence-electron chi connectivity index (χ1n) is 12.0. The molecule has 9 heteroatoms. The SMILES string of the molecule is O=C(N1CC2(CC(n3cnc(C4CC4)n3)C2)C1)N1CC2(CN(Cc3ccc(F)cc3F)C2)C1. The summed E-state index contributed by atoms with van der Waals surface area (Å²) >= 11 is 0. The molecular formula is C24H28F2N6O. The molecule has 33 heavy (non-hydrogen) atoms. The van der Waals surface area contributed by atoms with Gasteiger partial charge in [-0.3, -0.25) is 4.90 Å². The molecule has 0 unspecified atom stereocenters. The average molecular weight is 455 g/mol. The van der Waals surface area contributed by atoms with Crippen LogP contribution in [-0.4, -0.2) is 74.8 Å². The number of nitrogens with zero attached hydrogens (tertiary/aromatic N) is 6. The summed E-state index contributed by atoms with van der Waals surface area (Å²) in [6.45, 7) is 5.48. The zero-order chi connectivity index (χ0) is 22.4. The molecule has 5 fully saturated rings. The highest BCUT2D eigenvalue weighted by atomic mass is 19.1. The Morgan fingerprint density at radius 1 is 1.00 bits per heavy atom. The van der Waals surface area contributed by atoms with Gasteiger partial charge >= 0.3 is 6.03 Å². The fraction of sp³-hybridized carbons (Fsp3) is 0.625. The lowest BCUT2D eigenvalue weighted by Gasteiger charge is -2.63. The molecule has 2 spiro atoms. The van der Waals surface area contributed by atoms with E-state index in [9.17, 15) is 13.6 Å². The number of carbonyl (C=O) groups excluding carboxylic acids is 1. The minimum absolute atomic E-state index is 0.155. The number of hydrogen-bond acceptors (Lipinski definition) is 4. The van der Waals surface area contributed by atoms with Gasteiger partial charge in [0, 0.05) is 74.2 Å². The lowest BCUT2D eigenvalue weighted by atomic mass is 9.60. The fourth-order valence-electron chi connectivity index (χ4n) is 6.48. The fourth-order valence-corrected chi connectivity index (χ4v) is 6.48. The van der Waals surface area contributed by atoms with Crippen LogP contribution in [0, 0.1) is 22.5 Å². The molecule has 0 bridgehead atoms. The lowest BCUT2D eigenvalue weighted by molar-refractivity contribution is -0.120. The van der Waals surface area contributed by atoms with Crippen molar-refractivity contribution in [3.63, 3.8) is 0 Å². The monoisotopic (exact) mass is 454 g/mol. The summed E-state index contributed by atoms with van der Waals surface area (Å²) in [6.07, 6.45) is 6.50. The van der Waals surface area contributed by atoms with Gasteiger partial charge in [-0.1, -0.05) is 6.07 Å². The first kappa shape index (κ1) is 19.9. The topological polar surface area (TPSA) is 57.5 Å². The van der Waals surface area contributed by atoms with Gasteiger partial charge in [-0.15, -0.1) is 0 Å². The van der Waals surface area contributed by atoms with Crippen molar-refractivity contribution in [2.24, 2.45) is 10.8 Å². The molecule has 1 aromatic carbocycles. The molecule has 2 amide bonds. The molecule has 0 N–H and O–H groups in total. The smallest absolute Gasteiger partial charge is 0.320 e. The largest absolute Gasteiger partial charge is 0.323 e. The van der Waals surface area contributed by atoms with Crippen LogP contribution in [0.3, 0.4) is 0 Å². The second-order valence-corrected chi connectivity index (χ2v) is 11.3. The van der Waals surface area contributed by atoms with Crippen molar-refractivity contribution >= 4 is 6.03 Å². The molecule has 174 valence electrons. The van der Waals surface area contributed by atoms with Gasteiger partial charge in [0.15, 0.2) is 5.82 Å². The average Bonchev–Trinajstić information content (AvgIpc) is 3.40. The molecule has 1 aromatic heterocycles. The molecule has 7 nitrogen and oxygen atoms in total. The predicted octanol–water partition coefficient (Wildman–Crippen LogP) is 3.01. The van der Waals surface area contributed by atoms with Crippen LogP contribution in [0.15, 0.2) is 24.5 Å². The number of likely N-dealkylation sites (tertiary alicyclic amines) is 3. The normalized spacial score (nSPS) is 25.5. The maximum atomic E-state index is 13.9. The Morgan fingerprint density at radius 3 is 2.36 bits per heavy atom. The van der Waals surface area contributed by atoms with Crippen LogP contribution >= 0.6 is 0 Å². The third-order valence-electron chi connectivity index (χ3n) is 8.35. The van der Waals surface area contributed by atoms with Crippen molar-refractivity contribution in [1.29, 1.82) is 0 Å². The summed E-state index contributed by atoms with van der Waals surface area (Å²) in [6, 6.07) is 4.36. The van der Waals surface area contributed by atoms with E-state index in [1.807, 2.05) is 20.8 Å². The highest BCUT2D eigenvalue weighted by Crippen LogP contribution is 2.54. The van der Waals surface area contributed by atoms with Crippen LogP contribution in [0.25, 0.3) is 0 Å². The van der Waals surface area contributed by atoms with Crippen molar-refractivity contribution in [3.05, 3.63) is 47.5 Å². The van der Waals surface area contributed by atoms with Crippen LogP contribution in [-0.2, 0) is 6.54 Å². The van der Waals surface area contributed by atoms with E-state index in [-0.39, 0.29) is 16.9 Å². The van der Waals surface area contributed by atoms with Crippen molar-refractivity contribution < 1.29 is 13.6 Å². The van der Waals surface area contributed by atoms with Gasteiger partial charge in [0.05, 0.1) is 6.04 Å². The second-order valence-electron chi connectivity index (χ2n) is 11.3. The molecule has 7 rings (SSSR count). The maximum absolute atomic E-state index is 13.9. The van der Waals surface area contributed by atoms with Crippen molar-refractivity contribution in [3.8, 4) is 0 Å². The second kappa shape index (κ2) is 6.74. The number of halogens is 2. The molecular weight excluding hydrogens is 426 g/mol. The Hall–Kier alpha value is -2.55. The lowest BCUT2D eigenvalue weighted by Crippen LogP contribution is -2.75. The van der Waals surface area contributed by atoms with Crippen LogP contribution < -0.4 is 0 Å². The first-order chi connectivity index (χ1) is 15.9. The zero-order valence-electron chi connectivity index (χ0n) is 18.6. The van der Waals surface area contributed by atoms with Gasteiger partial charge in [-0.2, -0.15) is 5.10 Å². The highest BCUT2D eigenvalue weighted by Gasteiger charge is 2.58. The number of amides is 2. The predicted molar refractivity (Wildman–Crippen MR) is 115 cm³/mol. The van der Waals surface area contributed by atoms with E-state index in [1.54, 1.807) is 0 Å². The number of carbonyl (C=O) groups is 1. The molecule has 0 radical (unpaired) electrons. The third kappa shape index (κ3) is 3.26. The number of aromatic nitrogens is 3. The Labute approximate surface area is 191 Å². The molecule has 3 aliphatic heterocycles. The minimum Gasteiger partial charge on any atom is -0.323 e. The number of urea groups is 1. The summed E-state index contributed by atoms with van der Waals surface area (Å²) < 4.78 is 29.0. The highest BCUT2D eigenvalue weighted by molar-refractivity contribution is 5.77. The maximum Gasteiger partial charge on any atom is 0.320 e. The number of rotatable bonds is 4. The quantitative estimate of drug-likeness (QED) is 0.713. The molecule has 4 heterocycles. The Kier molecular flexibility index (Phi) is 4.06. The number of hydrogen-bond donors (Lipinski definition) is 0. The molecule has 2 aliphatic carbocycles. The Morgan fingerprint density at radius 2 is 1.70 bits per heavy atom. The summed E-state index contributed by atoms with van der Waals surface area (Å²) in [5.41, 5.74) is 0.960. The van der Waals surface area contributed by atoms with Crippen LogP contribution in [0.5, 0.6) is 0 Å². The van der Waals surface area contributed by atoms with E-state index in [0.717, 1.165) is 64.0 Å². The van der Waals surface area contributed by atoms with E-state index >= 15 is 0 Å². The molecule has 5 aliphatic rings. The van der Waals surface area contributed by atoms with Gasteiger partial charge < -0.3 is 9.80 Å². The summed E-state index contributed by atoms with van der Waals surface area (Å²) in [4.78, 5) is 23.5. The van der Waals surface area contributed by atoms with E-state index in [1.165, 1.54) is 25.0 Å². The van der Waals surface area contributed by atoms with Gasteiger partial charge in [-0.05, 0) is 31.7 Å². The van der Waals surface area contributed by atoms with Crippen molar-refractivity contribution in [2.75, 3.05) is 39.3 Å². The standard InChI is InChI=1S/C24H28F2N6O/c25-18-4-3-17(20(26)5-18)8-29-9-24(10-29)13-31(14-24)22(33)30-11-23(12-30)6-19(7-23)32-15-27-21(28-32)16-1-2-16/h3-5,15-16,19H,1-2,6-14H2. The Bertz CT molecular complexity index is 1100. The molecule has 0 atom stereocenters. The van der Waals surface area contributed by atoms with E-state index < -0.39 is 11.6 Å². The summed E-state index contributed by atoms with van der Waals surface area (Å²) in [7, 11) is 0. The van der Waals surface area contributed by atoms with Crippen molar-refractivity contribution in [1.82, 2.24) is 29.5 Å². The van der Waals surface area contributed by atoms with Crippen molar-refractivity contribution in [2.45, 2.75) is 44.2 Å². The zero-order valence-corrected chi connectivity index (χ0v) is 18.6. The van der Waals surface area contributed by atoms with Gasteiger partial charge in [0.1, 0.15) is 18.0 Å². The van der Waals surface area contributed by atoms with Gasteiger partial charge in [0.25, 0.3) is 0 Å². The third-order valence-corrected chi connectivity index (χ3v) is 8.35. The Balaban J connectivity index is 0.856. The first-order valence-corrected chi connectivity index (χ1v) is 12.0. The van der Waals surface area contributed by atoms with E-state index in [4.69, 9.17) is 0 Å². The minimum atomic E-state index is -0.546. The van der Waals surface area contributed by atoms with Gasteiger partial charge in [0.2, 0.25) is 0 Å². The molecule has 3 saturated heterocycles. The van der Waals surface area contributed by atoms with Crippen LogP contribution in [0.4, 0.5) is 13.6 Å². The van der Waals surface area contributed by atoms with Crippen LogP contribution in [0.2, 0.25) is 0 Å². The van der Waals surface area contributed by atoms with E-state index in [0.29, 0.717) is 24.1 Å². The molecule has 2 saturated carbocycles. The van der Waals surface area contributed by atoms with Gasteiger partial charge in [-0.25, -0.2) is 23.2 Å². The number of benzene rings is 1. The summed E-state index contributed by atoms with van der Waals surface area (Å²) in [5, 5.41) is 4.67. The van der Waals surface area contributed by atoms with Crippen LogP contribution in [0.1, 0.15) is 49.0 Å².